The van der Waals surface area contributed by atoms with E-state index in [9.17, 15) is 5.11 Å². The average Bonchev–Trinajstić information content (AvgIpc) is 2.26. The molecule has 1 N–H and O–H groups in total. The van der Waals surface area contributed by atoms with Crippen LogP contribution in [0.2, 0.25) is 0 Å². The summed E-state index contributed by atoms with van der Waals surface area (Å²) in [6.07, 6.45) is 3.36. The third-order valence-electron chi connectivity index (χ3n) is 3.85. The largest absolute Gasteiger partial charge is 0.388 e. The van der Waals surface area contributed by atoms with E-state index in [0.717, 1.165) is 30.2 Å². The molecule has 0 heterocycles. The maximum Gasteiger partial charge on any atom is 0.0818 e. The van der Waals surface area contributed by atoms with Crippen LogP contribution >= 0.6 is 22.6 Å². The number of hydrogen-bond donors (Lipinski definition) is 1. The van der Waals surface area contributed by atoms with E-state index in [0.29, 0.717) is 5.92 Å². The van der Waals surface area contributed by atoms with Crippen molar-refractivity contribution in [2.75, 3.05) is 0 Å². The minimum atomic E-state index is -0.282. The van der Waals surface area contributed by atoms with Crippen LogP contribution in [0.4, 0.5) is 0 Å². The lowest BCUT2D eigenvalue weighted by molar-refractivity contribution is 0.0551. The average molecular weight is 344 g/mol. The highest BCUT2D eigenvalue weighted by molar-refractivity contribution is 14.1. The van der Waals surface area contributed by atoms with E-state index in [1.165, 1.54) is 9.99 Å². The van der Waals surface area contributed by atoms with Crippen LogP contribution in [-0.2, 0) is 0 Å². The van der Waals surface area contributed by atoms with E-state index in [-0.39, 0.29) is 6.10 Å². The number of aliphatic hydroxyl groups is 1. The Morgan fingerprint density at radius 1 is 1.18 bits per heavy atom. The van der Waals surface area contributed by atoms with E-state index in [4.69, 9.17) is 0 Å². The molecule has 0 saturated heterocycles. The first-order valence-electron chi connectivity index (χ1n) is 6.49. The maximum absolute atomic E-state index is 10.5. The molecule has 1 nitrogen and oxygen atoms in total. The lowest BCUT2D eigenvalue weighted by Crippen LogP contribution is -2.24. The van der Waals surface area contributed by atoms with Crippen molar-refractivity contribution in [2.24, 2.45) is 17.8 Å². The Morgan fingerprint density at radius 2 is 1.82 bits per heavy atom. The van der Waals surface area contributed by atoms with Crippen LogP contribution in [0.25, 0.3) is 0 Å². The summed E-state index contributed by atoms with van der Waals surface area (Å²) < 4.78 is 1.20. The molecule has 1 fully saturated rings. The predicted octanol–water partition coefficient (Wildman–Crippen LogP) is 4.40. The van der Waals surface area contributed by atoms with Gasteiger partial charge in [-0.2, -0.15) is 0 Å². The number of aliphatic hydroxyl groups excluding tert-OH is 1. The Balaban J connectivity index is 2.11. The van der Waals surface area contributed by atoms with Crippen molar-refractivity contribution in [3.63, 3.8) is 0 Å². The topological polar surface area (TPSA) is 20.2 Å². The highest BCUT2D eigenvalue weighted by atomic mass is 127. The van der Waals surface area contributed by atoms with E-state index < -0.39 is 0 Å². The molecule has 3 atom stereocenters. The van der Waals surface area contributed by atoms with Crippen LogP contribution < -0.4 is 0 Å². The summed E-state index contributed by atoms with van der Waals surface area (Å²) in [5, 5.41) is 10.5. The molecule has 1 aliphatic rings. The summed E-state index contributed by atoms with van der Waals surface area (Å²) in [5.74, 6) is 1.94. The maximum atomic E-state index is 10.5. The quantitative estimate of drug-likeness (QED) is 0.789. The summed E-state index contributed by atoms with van der Waals surface area (Å²) in [4.78, 5) is 0. The Hall–Kier alpha value is -0.0900. The van der Waals surface area contributed by atoms with E-state index in [1.54, 1.807) is 0 Å². The summed E-state index contributed by atoms with van der Waals surface area (Å²) in [6, 6.07) is 8.27. The molecular formula is C15H21IO. The normalized spacial score (nSPS) is 31.2. The van der Waals surface area contributed by atoms with Gasteiger partial charge in [0.2, 0.25) is 0 Å². The zero-order chi connectivity index (χ0) is 12.4. The molecule has 0 aliphatic heterocycles. The molecule has 0 aromatic heterocycles. The Kier molecular flexibility index (Phi) is 4.47. The Labute approximate surface area is 118 Å². The van der Waals surface area contributed by atoms with E-state index >= 15 is 0 Å². The van der Waals surface area contributed by atoms with Crippen LogP contribution in [0.5, 0.6) is 0 Å². The molecule has 2 rings (SSSR count). The third-order valence-corrected chi connectivity index (χ3v) is 4.52. The van der Waals surface area contributed by atoms with Gasteiger partial charge in [0, 0.05) is 3.57 Å². The van der Waals surface area contributed by atoms with Gasteiger partial charge in [-0.3, -0.25) is 0 Å². The van der Waals surface area contributed by atoms with Gasteiger partial charge in [-0.15, -0.1) is 0 Å². The zero-order valence-corrected chi connectivity index (χ0v) is 12.7. The predicted molar refractivity (Wildman–Crippen MR) is 79.8 cm³/mol. The molecule has 3 unspecified atom stereocenters. The number of halogens is 1. The zero-order valence-electron chi connectivity index (χ0n) is 10.6. The first-order valence-corrected chi connectivity index (χ1v) is 7.57. The van der Waals surface area contributed by atoms with Crippen molar-refractivity contribution in [2.45, 2.75) is 39.2 Å². The Morgan fingerprint density at radius 3 is 2.41 bits per heavy atom. The number of hydrogen-bond acceptors (Lipinski definition) is 1. The van der Waals surface area contributed by atoms with Crippen molar-refractivity contribution >= 4 is 22.6 Å². The molecule has 1 aliphatic carbocycles. The summed E-state index contributed by atoms with van der Waals surface area (Å²) >= 11 is 2.31. The van der Waals surface area contributed by atoms with Crippen LogP contribution in [0.1, 0.15) is 44.8 Å². The van der Waals surface area contributed by atoms with Crippen molar-refractivity contribution < 1.29 is 5.11 Å². The highest BCUT2D eigenvalue weighted by Crippen LogP contribution is 2.39. The van der Waals surface area contributed by atoms with Gasteiger partial charge in [-0.1, -0.05) is 26.0 Å². The lowest BCUT2D eigenvalue weighted by atomic mass is 9.73. The van der Waals surface area contributed by atoms with Crippen molar-refractivity contribution in [1.29, 1.82) is 0 Å². The molecule has 1 saturated carbocycles. The van der Waals surface area contributed by atoms with E-state index in [2.05, 4.69) is 54.6 Å². The fraction of sp³-hybridized carbons (Fsp3) is 0.600. The standard InChI is InChI=1S/C15H21IO/c1-10-6-11(2)8-13(7-10)15(17)12-4-3-5-14(16)9-12/h3-5,9-11,13,15,17H,6-8H2,1-2H3. The second-order valence-electron chi connectivity index (χ2n) is 5.68. The summed E-state index contributed by atoms with van der Waals surface area (Å²) in [7, 11) is 0. The number of rotatable bonds is 2. The van der Waals surface area contributed by atoms with Gasteiger partial charge in [-0.05, 0) is 77.3 Å². The molecule has 1 aromatic carbocycles. The first kappa shape index (κ1) is 13.3. The van der Waals surface area contributed by atoms with Gasteiger partial charge in [0.1, 0.15) is 0 Å². The van der Waals surface area contributed by atoms with Crippen molar-refractivity contribution in [3.05, 3.63) is 33.4 Å². The highest BCUT2D eigenvalue weighted by Gasteiger charge is 2.29. The minimum absolute atomic E-state index is 0.282. The van der Waals surface area contributed by atoms with Gasteiger partial charge in [0.15, 0.2) is 0 Å². The second kappa shape index (κ2) is 5.70. The van der Waals surface area contributed by atoms with Crippen LogP contribution in [0, 0.1) is 21.3 Å². The van der Waals surface area contributed by atoms with E-state index in [1.807, 2.05) is 6.07 Å². The van der Waals surface area contributed by atoms with Crippen molar-refractivity contribution in [3.8, 4) is 0 Å². The molecule has 17 heavy (non-hydrogen) atoms. The summed E-state index contributed by atoms with van der Waals surface area (Å²) in [5.41, 5.74) is 1.09. The molecule has 0 bridgehead atoms. The van der Waals surface area contributed by atoms with Crippen molar-refractivity contribution in [1.82, 2.24) is 0 Å². The van der Waals surface area contributed by atoms with Gasteiger partial charge < -0.3 is 5.11 Å². The SMILES string of the molecule is CC1CC(C)CC(C(O)c2cccc(I)c2)C1. The minimum Gasteiger partial charge on any atom is -0.388 e. The van der Waals surface area contributed by atoms with Gasteiger partial charge in [0.25, 0.3) is 0 Å². The second-order valence-corrected chi connectivity index (χ2v) is 6.92. The molecule has 94 valence electrons. The number of benzene rings is 1. The van der Waals surface area contributed by atoms with Gasteiger partial charge in [0.05, 0.1) is 6.10 Å². The lowest BCUT2D eigenvalue weighted by Gasteiger charge is -2.34. The molecule has 0 amide bonds. The van der Waals surface area contributed by atoms with Crippen LogP contribution in [-0.4, -0.2) is 5.11 Å². The van der Waals surface area contributed by atoms with Gasteiger partial charge >= 0.3 is 0 Å². The fourth-order valence-corrected chi connectivity index (χ4v) is 3.80. The first-order chi connectivity index (χ1) is 8.06. The summed E-state index contributed by atoms with van der Waals surface area (Å²) in [6.45, 7) is 4.62. The Bertz CT molecular complexity index is 367. The van der Waals surface area contributed by atoms with Gasteiger partial charge in [-0.25, -0.2) is 0 Å². The molecule has 0 spiro atoms. The monoisotopic (exact) mass is 344 g/mol. The molecule has 2 heteroatoms. The molecular weight excluding hydrogens is 323 g/mol. The molecule has 0 radical (unpaired) electrons. The fourth-order valence-electron chi connectivity index (χ4n) is 3.23. The smallest absolute Gasteiger partial charge is 0.0818 e. The van der Waals surface area contributed by atoms with Crippen LogP contribution in [0.3, 0.4) is 0 Å². The van der Waals surface area contributed by atoms with Crippen LogP contribution in [0.15, 0.2) is 24.3 Å². The third kappa shape index (κ3) is 3.44. The molecule has 1 aromatic rings.